The molecule has 0 aliphatic carbocycles. The standard InChI is InChI=1S/C21H31N5O2S/c1-3-7-19-23-17(15-29-19)21(27)26-10-11-28-18(14-25-8-5-4-6-9-25)20(26)16-12-22-24(2)13-16/h12-13,15,18,20H,3-11,14H2,1-2H3/t18-,20-/m0/s1. The minimum absolute atomic E-state index is 0.00407. The van der Waals surface area contributed by atoms with Crippen LogP contribution in [0.25, 0.3) is 0 Å². The number of thiazole rings is 1. The Morgan fingerprint density at radius 1 is 1.28 bits per heavy atom. The molecule has 0 N–H and O–H groups in total. The number of aryl methyl sites for hydroxylation is 2. The lowest BCUT2D eigenvalue weighted by molar-refractivity contribution is -0.0742. The Kier molecular flexibility index (Phi) is 6.62. The Bertz CT molecular complexity index is 814. The Labute approximate surface area is 176 Å². The number of morpholine rings is 1. The second-order valence-corrected chi connectivity index (χ2v) is 8.98. The van der Waals surface area contributed by atoms with Crippen molar-refractivity contribution in [1.29, 1.82) is 0 Å². The van der Waals surface area contributed by atoms with E-state index in [1.165, 1.54) is 19.3 Å². The normalized spacial score (nSPS) is 23.4. The van der Waals surface area contributed by atoms with Crippen LogP contribution in [0.15, 0.2) is 17.8 Å². The summed E-state index contributed by atoms with van der Waals surface area (Å²) >= 11 is 1.58. The highest BCUT2D eigenvalue weighted by Crippen LogP contribution is 2.32. The number of hydrogen-bond donors (Lipinski definition) is 0. The van der Waals surface area contributed by atoms with Crippen LogP contribution in [0.2, 0.25) is 0 Å². The van der Waals surface area contributed by atoms with Gasteiger partial charge in [0.2, 0.25) is 0 Å². The van der Waals surface area contributed by atoms with Gasteiger partial charge in [0.1, 0.15) is 5.69 Å². The molecule has 4 heterocycles. The van der Waals surface area contributed by atoms with Crippen LogP contribution in [0.4, 0.5) is 0 Å². The highest BCUT2D eigenvalue weighted by molar-refractivity contribution is 7.09. The largest absolute Gasteiger partial charge is 0.373 e. The van der Waals surface area contributed by atoms with E-state index in [-0.39, 0.29) is 18.1 Å². The van der Waals surface area contributed by atoms with E-state index in [1.807, 2.05) is 29.7 Å². The average Bonchev–Trinajstić information content (AvgIpc) is 3.37. The number of aromatic nitrogens is 3. The second kappa shape index (κ2) is 9.36. The molecule has 0 spiro atoms. The predicted molar refractivity (Wildman–Crippen MR) is 113 cm³/mol. The summed E-state index contributed by atoms with van der Waals surface area (Å²) in [6, 6.07) is -0.136. The van der Waals surface area contributed by atoms with Crippen LogP contribution >= 0.6 is 11.3 Å². The molecule has 2 aliphatic rings. The molecule has 7 nitrogen and oxygen atoms in total. The highest BCUT2D eigenvalue weighted by atomic mass is 32.1. The van der Waals surface area contributed by atoms with Crippen molar-refractivity contribution in [3.05, 3.63) is 34.0 Å². The molecule has 0 radical (unpaired) electrons. The zero-order valence-electron chi connectivity index (χ0n) is 17.4. The number of piperidine rings is 1. The summed E-state index contributed by atoms with van der Waals surface area (Å²) in [5, 5.41) is 7.30. The summed E-state index contributed by atoms with van der Waals surface area (Å²) in [4.78, 5) is 22.5. The van der Waals surface area contributed by atoms with Crippen molar-refractivity contribution in [2.24, 2.45) is 7.05 Å². The van der Waals surface area contributed by atoms with Crippen molar-refractivity contribution in [1.82, 2.24) is 24.6 Å². The van der Waals surface area contributed by atoms with Crippen molar-refractivity contribution in [2.45, 2.75) is 51.2 Å². The molecule has 158 valence electrons. The lowest BCUT2D eigenvalue weighted by atomic mass is 9.99. The SMILES string of the molecule is CCCc1nc(C(=O)N2CCO[C@@H](CN3CCCCC3)[C@@H]2c2cnn(C)c2)cs1. The number of rotatable bonds is 6. The number of carbonyl (C=O) groups is 1. The molecule has 2 aliphatic heterocycles. The van der Waals surface area contributed by atoms with Gasteiger partial charge in [-0.15, -0.1) is 11.3 Å². The van der Waals surface area contributed by atoms with Gasteiger partial charge in [-0.2, -0.15) is 5.10 Å². The third-order valence-corrected chi connectivity index (χ3v) is 6.71. The molecule has 29 heavy (non-hydrogen) atoms. The first kappa shape index (κ1) is 20.5. The molecule has 4 rings (SSSR count). The van der Waals surface area contributed by atoms with Crippen LogP contribution in [0.3, 0.4) is 0 Å². The number of nitrogens with zero attached hydrogens (tertiary/aromatic N) is 5. The van der Waals surface area contributed by atoms with Gasteiger partial charge in [0, 0.05) is 37.3 Å². The van der Waals surface area contributed by atoms with Crippen molar-refractivity contribution in [2.75, 3.05) is 32.8 Å². The zero-order valence-corrected chi connectivity index (χ0v) is 18.2. The fourth-order valence-corrected chi connectivity index (χ4v) is 5.26. The summed E-state index contributed by atoms with van der Waals surface area (Å²) < 4.78 is 8.03. The summed E-state index contributed by atoms with van der Waals surface area (Å²) in [6.07, 6.45) is 9.57. The summed E-state index contributed by atoms with van der Waals surface area (Å²) in [6.45, 7) is 6.35. The van der Waals surface area contributed by atoms with E-state index < -0.39 is 0 Å². The fraction of sp³-hybridized carbons (Fsp3) is 0.667. The van der Waals surface area contributed by atoms with E-state index in [0.717, 1.165) is 43.0 Å². The second-order valence-electron chi connectivity index (χ2n) is 8.04. The third kappa shape index (κ3) is 4.70. The summed E-state index contributed by atoms with van der Waals surface area (Å²) in [7, 11) is 1.91. The molecule has 0 saturated carbocycles. The monoisotopic (exact) mass is 417 g/mol. The van der Waals surface area contributed by atoms with E-state index in [9.17, 15) is 4.79 Å². The quantitative estimate of drug-likeness (QED) is 0.723. The molecule has 2 fully saturated rings. The topological polar surface area (TPSA) is 63.5 Å². The molecule has 2 atom stereocenters. The Hall–Kier alpha value is -1.77. The van der Waals surface area contributed by atoms with Gasteiger partial charge in [-0.25, -0.2) is 4.98 Å². The van der Waals surface area contributed by atoms with E-state index in [1.54, 1.807) is 16.0 Å². The smallest absolute Gasteiger partial charge is 0.274 e. The molecule has 0 bridgehead atoms. The zero-order chi connectivity index (χ0) is 20.2. The van der Waals surface area contributed by atoms with Gasteiger partial charge in [-0.05, 0) is 38.8 Å². The van der Waals surface area contributed by atoms with Crippen molar-refractivity contribution < 1.29 is 9.53 Å². The fourth-order valence-electron chi connectivity index (χ4n) is 4.38. The number of carbonyl (C=O) groups excluding carboxylic acids is 1. The number of likely N-dealkylation sites (tertiary alicyclic amines) is 1. The summed E-state index contributed by atoms with van der Waals surface area (Å²) in [5.41, 5.74) is 1.59. The highest BCUT2D eigenvalue weighted by Gasteiger charge is 2.39. The predicted octanol–water partition coefficient (Wildman–Crippen LogP) is 2.90. The maximum absolute atomic E-state index is 13.4. The lowest BCUT2D eigenvalue weighted by Crippen LogP contribution is -2.52. The van der Waals surface area contributed by atoms with Crippen molar-refractivity contribution in [3.63, 3.8) is 0 Å². The van der Waals surface area contributed by atoms with Gasteiger partial charge in [0.05, 0.1) is 30.0 Å². The van der Waals surface area contributed by atoms with Crippen LogP contribution in [0.1, 0.15) is 59.7 Å². The molecule has 0 aromatic carbocycles. The van der Waals surface area contributed by atoms with E-state index >= 15 is 0 Å². The molecule has 0 unspecified atom stereocenters. The molecule has 2 saturated heterocycles. The van der Waals surface area contributed by atoms with Crippen molar-refractivity contribution >= 4 is 17.2 Å². The molecular weight excluding hydrogens is 386 g/mol. The molecule has 1 amide bonds. The Balaban J connectivity index is 1.58. The van der Waals surface area contributed by atoms with Gasteiger partial charge in [0.15, 0.2) is 0 Å². The average molecular weight is 418 g/mol. The summed E-state index contributed by atoms with van der Waals surface area (Å²) in [5.74, 6) is 0.00407. The van der Waals surface area contributed by atoms with E-state index in [2.05, 4.69) is 21.9 Å². The maximum atomic E-state index is 13.4. The van der Waals surface area contributed by atoms with Crippen LogP contribution in [0.5, 0.6) is 0 Å². The van der Waals surface area contributed by atoms with E-state index in [4.69, 9.17) is 4.74 Å². The van der Waals surface area contributed by atoms with Gasteiger partial charge >= 0.3 is 0 Å². The molecular formula is C21H31N5O2S. The van der Waals surface area contributed by atoms with Gasteiger partial charge in [0.25, 0.3) is 5.91 Å². The Morgan fingerprint density at radius 3 is 2.83 bits per heavy atom. The Morgan fingerprint density at radius 2 is 2.10 bits per heavy atom. The molecule has 2 aromatic rings. The third-order valence-electron chi connectivity index (χ3n) is 5.80. The van der Waals surface area contributed by atoms with Crippen molar-refractivity contribution in [3.8, 4) is 0 Å². The van der Waals surface area contributed by atoms with E-state index in [0.29, 0.717) is 18.8 Å². The minimum atomic E-state index is -0.136. The minimum Gasteiger partial charge on any atom is -0.373 e. The van der Waals surface area contributed by atoms with Crippen LogP contribution in [0, 0.1) is 0 Å². The van der Waals surface area contributed by atoms with Crippen LogP contribution in [-0.2, 0) is 18.2 Å². The first-order valence-corrected chi connectivity index (χ1v) is 11.6. The lowest BCUT2D eigenvalue weighted by Gasteiger charge is -2.43. The number of hydrogen-bond acceptors (Lipinski definition) is 6. The maximum Gasteiger partial charge on any atom is 0.274 e. The van der Waals surface area contributed by atoms with Gasteiger partial charge in [-0.3, -0.25) is 9.48 Å². The van der Waals surface area contributed by atoms with Gasteiger partial charge < -0.3 is 14.5 Å². The van der Waals surface area contributed by atoms with Crippen LogP contribution < -0.4 is 0 Å². The molecule has 2 aromatic heterocycles. The first-order valence-electron chi connectivity index (χ1n) is 10.7. The number of ether oxygens (including phenoxy) is 1. The molecule has 8 heteroatoms. The number of amides is 1. The van der Waals surface area contributed by atoms with Crippen LogP contribution in [-0.4, -0.2) is 69.4 Å². The first-order chi connectivity index (χ1) is 14.2. The van der Waals surface area contributed by atoms with Gasteiger partial charge in [-0.1, -0.05) is 13.3 Å².